The van der Waals surface area contributed by atoms with E-state index >= 15 is 0 Å². The van der Waals surface area contributed by atoms with E-state index in [4.69, 9.17) is 16.9 Å². The molecule has 1 aromatic heterocycles. The summed E-state index contributed by atoms with van der Waals surface area (Å²) in [4.78, 5) is 3.88. The van der Waals surface area contributed by atoms with Crippen LogP contribution in [-0.2, 0) is 0 Å². The molecule has 0 aliphatic rings. The van der Waals surface area contributed by atoms with Crippen LogP contribution in [0.1, 0.15) is 5.69 Å². The van der Waals surface area contributed by atoms with E-state index in [1.54, 1.807) is 18.3 Å². The third-order valence-electron chi connectivity index (χ3n) is 1.38. The molecule has 1 N–H and O–H groups in total. The third-order valence-corrected chi connectivity index (χ3v) is 1.52. The Bertz CT molecular complexity index is 354. The number of pyridine rings is 1. The van der Waals surface area contributed by atoms with E-state index in [9.17, 15) is 0 Å². The second-order valence-corrected chi connectivity index (χ2v) is 2.92. The molecule has 0 bridgehead atoms. The van der Waals surface area contributed by atoms with Gasteiger partial charge in [0, 0.05) is 11.2 Å². The van der Waals surface area contributed by atoms with Crippen LogP contribution in [0.2, 0.25) is 0 Å². The standard InChI is InChI=1S/C9H8ClN3/c1-7(10)6-13-8-3-2-4-12-9(8)5-11/h2-4,13H,1,6H2. The molecule has 0 unspecified atom stereocenters. The maximum absolute atomic E-state index is 8.68. The number of nitrogens with one attached hydrogen (secondary N) is 1. The SMILES string of the molecule is C=C(Cl)CNc1cccnc1C#N. The first-order valence-corrected chi connectivity index (χ1v) is 4.04. The van der Waals surface area contributed by atoms with Gasteiger partial charge in [0.25, 0.3) is 0 Å². The van der Waals surface area contributed by atoms with Crippen molar-refractivity contribution in [1.29, 1.82) is 5.26 Å². The van der Waals surface area contributed by atoms with Gasteiger partial charge in [0.15, 0.2) is 5.69 Å². The fraction of sp³-hybridized carbons (Fsp3) is 0.111. The van der Waals surface area contributed by atoms with Gasteiger partial charge in [-0.2, -0.15) is 5.26 Å². The van der Waals surface area contributed by atoms with Crippen LogP contribution in [-0.4, -0.2) is 11.5 Å². The Morgan fingerprint density at radius 2 is 2.54 bits per heavy atom. The van der Waals surface area contributed by atoms with Crippen LogP contribution in [0.5, 0.6) is 0 Å². The van der Waals surface area contributed by atoms with E-state index in [2.05, 4.69) is 16.9 Å². The van der Waals surface area contributed by atoms with E-state index in [1.165, 1.54) is 0 Å². The summed E-state index contributed by atoms with van der Waals surface area (Å²) in [5.74, 6) is 0. The Morgan fingerprint density at radius 1 is 1.77 bits per heavy atom. The number of aromatic nitrogens is 1. The van der Waals surface area contributed by atoms with Gasteiger partial charge in [0.05, 0.1) is 12.2 Å². The summed E-state index contributed by atoms with van der Waals surface area (Å²) in [6.45, 7) is 3.96. The lowest BCUT2D eigenvalue weighted by Gasteiger charge is -2.04. The van der Waals surface area contributed by atoms with Crippen molar-refractivity contribution in [3.05, 3.63) is 35.6 Å². The van der Waals surface area contributed by atoms with Crippen LogP contribution in [0, 0.1) is 11.3 Å². The highest BCUT2D eigenvalue weighted by Gasteiger charge is 2.00. The summed E-state index contributed by atoms with van der Waals surface area (Å²) in [7, 11) is 0. The molecule has 66 valence electrons. The number of hydrogen-bond acceptors (Lipinski definition) is 3. The quantitative estimate of drug-likeness (QED) is 0.800. The number of hydrogen-bond donors (Lipinski definition) is 1. The molecule has 4 heteroatoms. The van der Waals surface area contributed by atoms with Gasteiger partial charge in [-0.1, -0.05) is 18.2 Å². The molecule has 0 atom stereocenters. The van der Waals surface area contributed by atoms with Crippen LogP contribution < -0.4 is 5.32 Å². The smallest absolute Gasteiger partial charge is 0.163 e. The zero-order chi connectivity index (χ0) is 9.68. The molecule has 0 aliphatic carbocycles. The predicted octanol–water partition coefficient (Wildman–Crippen LogP) is 2.12. The average molecular weight is 194 g/mol. The molecular weight excluding hydrogens is 186 g/mol. The van der Waals surface area contributed by atoms with E-state index < -0.39 is 0 Å². The molecule has 0 aliphatic heterocycles. The van der Waals surface area contributed by atoms with E-state index in [1.807, 2.05) is 6.07 Å². The van der Waals surface area contributed by atoms with Gasteiger partial charge in [-0.3, -0.25) is 0 Å². The minimum Gasteiger partial charge on any atom is -0.378 e. The summed E-state index contributed by atoms with van der Waals surface area (Å²) in [5, 5.41) is 12.1. The largest absolute Gasteiger partial charge is 0.378 e. The first kappa shape index (κ1) is 9.56. The van der Waals surface area contributed by atoms with E-state index in [-0.39, 0.29) is 0 Å². The Kier molecular flexibility index (Phi) is 3.30. The van der Waals surface area contributed by atoms with Crippen molar-refractivity contribution in [2.75, 3.05) is 11.9 Å². The molecule has 0 saturated heterocycles. The first-order valence-electron chi connectivity index (χ1n) is 3.66. The number of halogens is 1. The number of nitriles is 1. The summed E-state index contributed by atoms with van der Waals surface area (Å²) in [6, 6.07) is 5.49. The molecule has 1 heterocycles. The minimum atomic E-state index is 0.361. The summed E-state index contributed by atoms with van der Waals surface area (Å²) in [5.41, 5.74) is 1.03. The van der Waals surface area contributed by atoms with Crippen LogP contribution >= 0.6 is 11.6 Å². The fourth-order valence-electron chi connectivity index (χ4n) is 0.828. The molecular formula is C9H8ClN3. The lowest BCUT2D eigenvalue weighted by atomic mass is 10.3. The van der Waals surface area contributed by atoms with E-state index in [0.717, 1.165) is 0 Å². The lowest BCUT2D eigenvalue weighted by Crippen LogP contribution is -2.03. The molecule has 1 rings (SSSR count). The predicted molar refractivity (Wildman–Crippen MR) is 52.4 cm³/mol. The first-order chi connectivity index (χ1) is 6.24. The molecule has 0 radical (unpaired) electrons. The van der Waals surface area contributed by atoms with Gasteiger partial charge in [-0.05, 0) is 12.1 Å². The topological polar surface area (TPSA) is 48.7 Å². The Hall–Kier alpha value is -1.53. The van der Waals surface area contributed by atoms with Gasteiger partial charge in [0.1, 0.15) is 6.07 Å². The third kappa shape index (κ3) is 2.77. The number of nitrogens with zero attached hydrogens (tertiary/aromatic N) is 2. The molecule has 1 aromatic rings. The Morgan fingerprint density at radius 3 is 3.15 bits per heavy atom. The molecule has 0 saturated carbocycles. The van der Waals surface area contributed by atoms with Crippen molar-refractivity contribution in [3.8, 4) is 6.07 Å². The maximum Gasteiger partial charge on any atom is 0.163 e. The van der Waals surface area contributed by atoms with Crippen molar-refractivity contribution in [3.63, 3.8) is 0 Å². The second kappa shape index (κ2) is 4.48. The van der Waals surface area contributed by atoms with Crippen LogP contribution in [0.3, 0.4) is 0 Å². The van der Waals surface area contributed by atoms with Gasteiger partial charge in [-0.15, -0.1) is 0 Å². The van der Waals surface area contributed by atoms with Crippen molar-refractivity contribution < 1.29 is 0 Å². The monoisotopic (exact) mass is 193 g/mol. The Balaban J connectivity index is 2.77. The van der Waals surface area contributed by atoms with Crippen LogP contribution in [0.15, 0.2) is 29.9 Å². The van der Waals surface area contributed by atoms with Crippen LogP contribution in [0.25, 0.3) is 0 Å². The molecule has 0 fully saturated rings. The maximum atomic E-state index is 8.68. The van der Waals surface area contributed by atoms with Crippen molar-refractivity contribution >= 4 is 17.3 Å². The molecule has 13 heavy (non-hydrogen) atoms. The van der Waals surface area contributed by atoms with Gasteiger partial charge >= 0.3 is 0 Å². The second-order valence-electron chi connectivity index (χ2n) is 2.38. The summed E-state index contributed by atoms with van der Waals surface area (Å²) >= 11 is 5.56. The van der Waals surface area contributed by atoms with Gasteiger partial charge in [0.2, 0.25) is 0 Å². The number of anilines is 1. The fourth-order valence-corrected chi connectivity index (χ4v) is 0.895. The highest BCUT2D eigenvalue weighted by Crippen LogP contribution is 2.11. The average Bonchev–Trinajstić information content (AvgIpc) is 2.15. The van der Waals surface area contributed by atoms with Gasteiger partial charge in [-0.25, -0.2) is 4.98 Å². The lowest BCUT2D eigenvalue weighted by molar-refractivity contribution is 1.22. The zero-order valence-electron chi connectivity index (χ0n) is 6.92. The van der Waals surface area contributed by atoms with Gasteiger partial charge < -0.3 is 5.32 Å². The molecule has 0 amide bonds. The molecule has 3 nitrogen and oxygen atoms in total. The van der Waals surface area contributed by atoms with Crippen molar-refractivity contribution in [2.45, 2.75) is 0 Å². The summed E-state index contributed by atoms with van der Waals surface area (Å²) in [6.07, 6.45) is 1.57. The highest BCUT2D eigenvalue weighted by molar-refractivity contribution is 6.29. The normalized spacial score (nSPS) is 8.92. The number of rotatable bonds is 3. The zero-order valence-corrected chi connectivity index (χ0v) is 7.67. The van der Waals surface area contributed by atoms with Crippen LogP contribution in [0.4, 0.5) is 5.69 Å². The van der Waals surface area contributed by atoms with Crippen molar-refractivity contribution in [1.82, 2.24) is 4.98 Å². The van der Waals surface area contributed by atoms with E-state index in [0.29, 0.717) is 23.0 Å². The summed E-state index contributed by atoms with van der Waals surface area (Å²) < 4.78 is 0. The van der Waals surface area contributed by atoms with Crippen molar-refractivity contribution in [2.24, 2.45) is 0 Å². The highest BCUT2D eigenvalue weighted by atomic mass is 35.5. The Labute approximate surface area is 81.7 Å². The minimum absolute atomic E-state index is 0.361. The molecule has 0 aromatic carbocycles. The molecule has 0 spiro atoms.